The molecule has 0 saturated carbocycles. The van der Waals surface area contributed by atoms with Crippen LogP contribution in [0.15, 0.2) is 231 Å². The molecule has 0 bridgehead atoms. The van der Waals surface area contributed by atoms with E-state index in [9.17, 15) is 0 Å². The molecule has 0 amide bonds. The third-order valence-corrected chi connectivity index (χ3v) is 10.9. The summed E-state index contributed by atoms with van der Waals surface area (Å²) in [7, 11) is 0. The normalized spacial score (nSPS) is 11.1. The second kappa shape index (κ2) is 15.5. The van der Waals surface area contributed by atoms with E-state index in [-0.39, 0.29) is 0 Å². The fraction of sp³-hybridized carbons (Fsp3) is 0. The van der Waals surface area contributed by atoms with Gasteiger partial charge in [0.05, 0.1) is 22.8 Å². The molecule has 0 atom stereocenters. The van der Waals surface area contributed by atoms with Crippen LogP contribution in [0.5, 0.6) is 0 Å². The summed E-state index contributed by atoms with van der Waals surface area (Å²) in [4.78, 5) is 10.3. The van der Waals surface area contributed by atoms with Gasteiger partial charge >= 0.3 is 0 Å². The molecule has 2 nitrogen and oxygen atoms in total. The van der Waals surface area contributed by atoms with Gasteiger partial charge in [-0.3, -0.25) is 0 Å². The highest BCUT2D eigenvalue weighted by Gasteiger charge is 2.14. The van der Waals surface area contributed by atoms with Crippen LogP contribution in [0.25, 0.3) is 100 Å². The fourth-order valence-electron chi connectivity index (χ4n) is 7.93. The molecule has 0 unspecified atom stereocenters. The molecule has 2 heterocycles. The lowest BCUT2D eigenvalue weighted by atomic mass is 9.90. The molecule has 0 aliphatic carbocycles. The maximum absolute atomic E-state index is 5.17. The zero-order valence-corrected chi connectivity index (χ0v) is 31.8. The second-order valence-electron chi connectivity index (χ2n) is 14.6. The zero-order valence-electron chi connectivity index (χ0n) is 31.8. The molecular formula is C56H38N2. The van der Waals surface area contributed by atoms with E-state index in [1.54, 1.807) is 0 Å². The van der Waals surface area contributed by atoms with Crippen molar-refractivity contribution in [2.75, 3.05) is 0 Å². The minimum atomic E-state index is 0.949. The summed E-state index contributed by atoms with van der Waals surface area (Å²) in [5.41, 5.74) is 17.5. The molecule has 58 heavy (non-hydrogen) atoms. The smallest absolute Gasteiger partial charge is 0.0715 e. The summed E-state index contributed by atoms with van der Waals surface area (Å²) in [5.74, 6) is 0. The molecule has 0 radical (unpaired) electrons. The molecule has 0 spiro atoms. The first kappa shape index (κ1) is 34.8. The highest BCUT2D eigenvalue weighted by atomic mass is 14.7. The average molecular weight is 739 g/mol. The summed E-state index contributed by atoms with van der Waals surface area (Å²) in [6.45, 7) is 0. The summed E-state index contributed by atoms with van der Waals surface area (Å²) in [6, 6.07) is 81.7. The van der Waals surface area contributed by atoms with Crippen LogP contribution in [0.1, 0.15) is 0 Å². The van der Waals surface area contributed by atoms with Crippen LogP contribution >= 0.6 is 0 Å². The number of fused-ring (bicyclic) bond motifs is 1. The molecule has 0 aliphatic rings. The van der Waals surface area contributed by atoms with Gasteiger partial charge in [0.1, 0.15) is 0 Å². The minimum absolute atomic E-state index is 0.949. The molecule has 2 aromatic heterocycles. The number of benzene rings is 8. The van der Waals surface area contributed by atoms with Gasteiger partial charge < -0.3 is 0 Å². The predicted octanol–water partition coefficient (Wildman–Crippen LogP) is 15.0. The molecule has 0 fully saturated rings. The number of hydrogen-bond donors (Lipinski definition) is 0. The minimum Gasteiger partial charge on any atom is -0.248 e. The zero-order chi connectivity index (χ0) is 38.7. The van der Waals surface area contributed by atoms with Gasteiger partial charge in [-0.05, 0) is 79.5 Å². The Bertz CT molecular complexity index is 2670. The highest BCUT2D eigenvalue weighted by Crippen LogP contribution is 2.39. The van der Waals surface area contributed by atoms with E-state index in [0.29, 0.717) is 0 Å². The van der Waals surface area contributed by atoms with Crippen molar-refractivity contribution >= 4 is 10.8 Å². The standard InChI is InChI=1S/C56H38N2/c1-5-15-39(16-6-1)48-35-52(43-19-9-3-10-20-43)57-54(37-48)45-31-27-41(28-32-45)50-25-13-23-47-24-14-26-51(56(47)50)42-29-33-46(34-30-42)55-38-49(40-17-7-2-8-18-40)36-53(58-55)44-21-11-4-12-22-44/h1-38H. The largest absolute Gasteiger partial charge is 0.248 e. The van der Waals surface area contributed by atoms with E-state index >= 15 is 0 Å². The van der Waals surface area contributed by atoms with Crippen molar-refractivity contribution in [3.63, 3.8) is 0 Å². The number of hydrogen-bond acceptors (Lipinski definition) is 2. The molecule has 10 rings (SSSR count). The molecular weight excluding hydrogens is 701 g/mol. The number of nitrogens with zero attached hydrogens (tertiary/aromatic N) is 2. The van der Waals surface area contributed by atoms with Crippen LogP contribution in [-0.2, 0) is 0 Å². The Hall–Kier alpha value is -7.68. The van der Waals surface area contributed by atoms with Gasteiger partial charge in [-0.1, -0.05) is 206 Å². The summed E-state index contributed by atoms with van der Waals surface area (Å²) >= 11 is 0. The van der Waals surface area contributed by atoms with Crippen LogP contribution < -0.4 is 0 Å². The van der Waals surface area contributed by atoms with Crippen molar-refractivity contribution in [2.24, 2.45) is 0 Å². The molecule has 2 heteroatoms. The number of rotatable bonds is 8. The Morgan fingerprint density at radius 3 is 0.845 bits per heavy atom. The van der Waals surface area contributed by atoms with E-state index < -0.39 is 0 Å². The first-order chi connectivity index (χ1) is 28.7. The van der Waals surface area contributed by atoms with Crippen molar-refractivity contribution in [3.8, 4) is 89.5 Å². The highest BCUT2D eigenvalue weighted by molar-refractivity contribution is 6.06. The van der Waals surface area contributed by atoms with Gasteiger partial charge in [0.15, 0.2) is 0 Å². The molecule has 0 saturated heterocycles. The van der Waals surface area contributed by atoms with Gasteiger partial charge in [-0.15, -0.1) is 0 Å². The second-order valence-corrected chi connectivity index (χ2v) is 14.6. The predicted molar refractivity (Wildman–Crippen MR) is 243 cm³/mol. The number of aromatic nitrogens is 2. The van der Waals surface area contributed by atoms with Crippen molar-refractivity contribution in [2.45, 2.75) is 0 Å². The van der Waals surface area contributed by atoms with Crippen molar-refractivity contribution in [1.29, 1.82) is 0 Å². The maximum Gasteiger partial charge on any atom is 0.0715 e. The topological polar surface area (TPSA) is 25.8 Å². The van der Waals surface area contributed by atoms with Crippen LogP contribution in [0.2, 0.25) is 0 Å². The van der Waals surface area contributed by atoms with Crippen molar-refractivity contribution in [3.05, 3.63) is 231 Å². The first-order valence-electron chi connectivity index (χ1n) is 19.7. The molecule has 272 valence electrons. The maximum atomic E-state index is 5.17. The monoisotopic (exact) mass is 738 g/mol. The van der Waals surface area contributed by atoms with E-state index in [1.165, 1.54) is 33.0 Å². The van der Waals surface area contributed by atoms with Crippen LogP contribution in [0, 0.1) is 0 Å². The van der Waals surface area contributed by atoms with Crippen molar-refractivity contribution < 1.29 is 0 Å². The molecule has 8 aromatic carbocycles. The Morgan fingerprint density at radius 1 is 0.207 bits per heavy atom. The first-order valence-corrected chi connectivity index (χ1v) is 19.7. The summed E-state index contributed by atoms with van der Waals surface area (Å²) in [5, 5.41) is 2.44. The van der Waals surface area contributed by atoms with E-state index in [1.807, 2.05) is 12.1 Å². The van der Waals surface area contributed by atoms with Gasteiger partial charge in [0.2, 0.25) is 0 Å². The SMILES string of the molecule is c1ccc(-c2cc(-c3ccccc3)nc(-c3ccc(-c4cccc5cccc(-c6ccc(-c7cc(-c8ccccc8)cc(-c8ccccc8)n7)cc6)c45)cc3)c2)cc1. The van der Waals surface area contributed by atoms with Gasteiger partial charge in [-0.25, -0.2) is 9.97 Å². The van der Waals surface area contributed by atoms with Gasteiger partial charge in [0.25, 0.3) is 0 Å². The quantitative estimate of drug-likeness (QED) is 0.155. The lowest BCUT2D eigenvalue weighted by Gasteiger charge is -2.14. The summed E-state index contributed by atoms with van der Waals surface area (Å²) in [6.07, 6.45) is 0. The Kier molecular flexibility index (Phi) is 9.27. The van der Waals surface area contributed by atoms with E-state index in [0.717, 1.165) is 67.3 Å². The Labute approximate surface area is 339 Å². The lowest BCUT2D eigenvalue weighted by molar-refractivity contribution is 1.32. The average Bonchev–Trinajstić information content (AvgIpc) is 3.32. The summed E-state index contributed by atoms with van der Waals surface area (Å²) < 4.78 is 0. The Morgan fingerprint density at radius 2 is 0.500 bits per heavy atom. The van der Waals surface area contributed by atoms with Crippen LogP contribution in [0.3, 0.4) is 0 Å². The third kappa shape index (κ3) is 7.00. The third-order valence-electron chi connectivity index (χ3n) is 10.9. The van der Waals surface area contributed by atoms with Crippen molar-refractivity contribution in [1.82, 2.24) is 9.97 Å². The molecule has 0 aliphatic heterocycles. The fourth-order valence-corrected chi connectivity index (χ4v) is 7.93. The Balaban J connectivity index is 1.01. The van der Waals surface area contributed by atoms with E-state index in [4.69, 9.17) is 9.97 Å². The van der Waals surface area contributed by atoms with Crippen LogP contribution in [-0.4, -0.2) is 9.97 Å². The molecule has 0 N–H and O–H groups in total. The van der Waals surface area contributed by atoms with Gasteiger partial charge in [-0.2, -0.15) is 0 Å². The lowest BCUT2D eigenvalue weighted by Crippen LogP contribution is -1.92. The van der Waals surface area contributed by atoms with Gasteiger partial charge in [0, 0.05) is 22.3 Å². The molecule has 10 aromatic rings. The number of pyridine rings is 2. The van der Waals surface area contributed by atoms with Crippen LogP contribution in [0.4, 0.5) is 0 Å². The van der Waals surface area contributed by atoms with E-state index in [2.05, 4.69) is 218 Å².